The Morgan fingerprint density at radius 3 is 2.83 bits per heavy atom. The highest BCUT2D eigenvalue weighted by Gasteiger charge is 2.64. The predicted octanol–water partition coefficient (Wildman–Crippen LogP) is 2.44. The van der Waals surface area contributed by atoms with Gasteiger partial charge in [-0.25, -0.2) is 0 Å². The zero-order valence-electron chi connectivity index (χ0n) is 14.4. The van der Waals surface area contributed by atoms with Gasteiger partial charge >= 0.3 is 0 Å². The number of fused-ring (bicyclic) bond motifs is 2. The molecule has 0 radical (unpaired) electrons. The van der Waals surface area contributed by atoms with E-state index in [1.54, 1.807) is 11.3 Å². The van der Waals surface area contributed by atoms with E-state index in [0.29, 0.717) is 6.61 Å². The third-order valence-corrected chi connectivity index (χ3v) is 6.89. The summed E-state index contributed by atoms with van der Waals surface area (Å²) < 4.78 is 5.50. The summed E-state index contributed by atoms with van der Waals surface area (Å²) in [6, 6.07) is 3.92. The fraction of sp³-hybridized carbons (Fsp3) is 0.667. The summed E-state index contributed by atoms with van der Waals surface area (Å²) in [5.41, 5.74) is -0.846. The molecule has 0 aromatic carbocycles. The highest BCUT2D eigenvalue weighted by molar-refractivity contribution is 7.09. The monoisotopic (exact) mass is 351 g/mol. The van der Waals surface area contributed by atoms with Crippen LogP contribution >= 0.6 is 11.3 Å². The number of imide groups is 1. The van der Waals surface area contributed by atoms with Crippen LogP contribution in [0.5, 0.6) is 0 Å². The van der Waals surface area contributed by atoms with Crippen molar-refractivity contribution in [3.63, 3.8) is 0 Å². The molecule has 0 spiro atoms. The molecule has 1 aromatic rings. The van der Waals surface area contributed by atoms with Gasteiger partial charge in [-0.1, -0.05) is 26.8 Å². The van der Waals surface area contributed by atoms with Gasteiger partial charge in [0, 0.05) is 10.8 Å². The third-order valence-electron chi connectivity index (χ3n) is 6.04. The topological polar surface area (TPSA) is 66.8 Å². The number of β-amino-alcohol motifs (C(OH)–C–C–N with tert-alkyl or cyclic N) is 1. The van der Waals surface area contributed by atoms with Gasteiger partial charge in [0.25, 0.3) is 0 Å². The molecule has 2 amide bonds. The van der Waals surface area contributed by atoms with Crippen LogP contribution in [0.3, 0.4) is 0 Å². The third kappa shape index (κ3) is 2.70. The van der Waals surface area contributed by atoms with Crippen molar-refractivity contribution >= 4 is 23.2 Å². The molecule has 1 aromatic heterocycles. The van der Waals surface area contributed by atoms with Crippen LogP contribution in [0.1, 0.15) is 38.5 Å². The van der Waals surface area contributed by atoms with Crippen molar-refractivity contribution in [3.8, 4) is 0 Å². The Morgan fingerprint density at radius 1 is 1.42 bits per heavy atom. The van der Waals surface area contributed by atoms with E-state index in [0.717, 1.165) is 17.7 Å². The van der Waals surface area contributed by atoms with Crippen molar-refractivity contribution in [2.75, 3.05) is 13.2 Å². The average molecular weight is 351 g/mol. The van der Waals surface area contributed by atoms with E-state index < -0.39 is 11.5 Å². The second kappa shape index (κ2) is 6.24. The number of hydrogen-bond acceptors (Lipinski definition) is 5. The molecule has 6 heteroatoms. The number of ether oxygens (including phenoxy) is 1. The zero-order valence-corrected chi connectivity index (χ0v) is 15.3. The molecule has 0 unspecified atom stereocenters. The Morgan fingerprint density at radius 2 is 2.17 bits per heavy atom. The first-order valence-corrected chi connectivity index (χ1v) is 9.29. The molecule has 1 aliphatic heterocycles. The maximum Gasteiger partial charge on any atom is 0.235 e. The van der Waals surface area contributed by atoms with Gasteiger partial charge in [-0.15, -0.1) is 11.3 Å². The lowest BCUT2D eigenvalue weighted by Crippen LogP contribution is -2.60. The van der Waals surface area contributed by atoms with E-state index >= 15 is 0 Å². The van der Waals surface area contributed by atoms with Gasteiger partial charge in [0.15, 0.2) is 0 Å². The second-order valence-electron chi connectivity index (χ2n) is 7.65. The molecular formula is C18H25NO4S. The number of aliphatic hydroxyl groups is 1. The minimum atomic E-state index is -0.859. The summed E-state index contributed by atoms with van der Waals surface area (Å²) in [6.07, 6.45) is 0.619. The Balaban J connectivity index is 1.60. The van der Waals surface area contributed by atoms with E-state index in [1.165, 1.54) is 4.90 Å². The van der Waals surface area contributed by atoms with Crippen LogP contribution in [-0.4, -0.2) is 41.1 Å². The van der Waals surface area contributed by atoms with Crippen molar-refractivity contribution in [1.29, 1.82) is 0 Å². The number of rotatable bonds is 6. The van der Waals surface area contributed by atoms with Crippen molar-refractivity contribution < 1.29 is 19.4 Å². The van der Waals surface area contributed by atoms with Crippen LogP contribution < -0.4 is 0 Å². The van der Waals surface area contributed by atoms with Gasteiger partial charge in [-0.3, -0.25) is 14.5 Å². The van der Waals surface area contributed by atoms with Gasteiger partial charge in [-0.2, -0.15) is 0 Å². The SMILES string of the molecule is CC1(C)[C@H]2CC[C@]1(C)C(=O)N(C[C@H](O)COCc1cccs1)C2=O. The molecule has 3 atom stereocenters. The highest BCUT2D eigenvalue weighted by Crippen LogP contribution is 2.59. The molecule has 1 N–H and O–H groups in total. The Kier molecular flexibility index (Phi) is 4.57. The van der Waals surface area contributed by atoms with E-state index in [2.05, 4.69) is 0 Å². The number of hydrogen-bond donors (Lipinski definition) is 1. The van der Waals surface area contributed by atoms with Crippen LogP contribution in [0.2, 0.25) is 0 Å². The van der Waals surface area contributed by atoms with E-state index in [9.17, 15) is 14.7 Å². The maximum absolute atomic E-state index is 12.9. The van der Waals surface area contributed by atoms with Gasteiger partial charge in [0.05, 0.1) is 31.3 Å². The lowest BCUT2D eigenvalue weighted by Gasteiger charge is -2.48. The molecule has 5 nitrogen and oxygen atoms in total. The van der Waals surface area contributed by atoms with Crippen molar-refractivity contribution in [3.05, 3.63) is 22.4 Å². The Labute approximate surface area is 146 Å². The van der Waals surface area contributed by atoms with Crippen LogP contribution in [0.4, 0.5) is 0 Å². The van der Waals surface area contributed by atoms with Gasteiger partial charge in [-0.05, 0) is 29.7 Å². The largest absolute Gasteiger partial charge is 0.389 e. The highest BCUT2D eigenvalue weighted by atomic mass is 32.1. The predicted molar refractivity (Wildman–Crippen MR) is 91.3 cm³/mol. The normalized spacial score (nSPS) is 30.0. The van der Waals surface area contributed by atoms with E-state index in [4.69, 9.17) is 4.74 Å². The molecule has 2 bridgehead atoms. The summed E-state index contributed by atoms with van der Waals surface area (Å²) >= 11 is 1.59. The average Bonchev–Trinajstić information content (AvgIpc) is 3.09. The molecule has 2 heterocycles. The summed E-state index contributed by atoms with van der Waals surface area (Å²) in [4.78, 5) is 27.9. The number of thiophene rings is 1. The van der Waals surface area contributed by atoms with Gasteiger partial charge in [0.2, 0.25) is 11.8 Å². The van der Waals surface area contributed by atoms with Crippen molar-refractivity contribution in [2.24, 2.45) is 16.7 Å². The molecule has 2 aliphatic rings. The number of piperidine rings is 1. The van der Waals surface area contributed by atoms with Crippen LogP contribution in [0.25, 0.3) is 0 Å². The molecule has 3 rings (SSSR count). The number of carbonyl (C=O) groups is 2. The second-order valence-corrected chi connectivity index (χ2v) is 8.68. The fourth-order valence-electron chi connectivity index (χ4n) is 4.03. The molecule has 2 fully saturated rings. The molecule has 1 aliphatic carbocycles. The number of nitrogens with zero attached hydrogens (tertiary/aromatic N) is 1. The van der Waals surface area contributed by atoms with Crippen LogP contribution in [-0.2, 0) is 20.9 Å². The summed E-state index contributed by atoms with van der Waals surface area (Å²) in [5, 5.41) is 12.2. The summed E-state index contributed by atoms with van der Waals surface area (Å²) in [6.45, 7) is 6.54. The molecule has 132 valence electrons. The van der Waals surface area contributed by atoms with Gasteiger partial charge < -0.3 is 9.84 Å². The first kappa shape index (κ1) is 17.6. The van der Waals surface area contributed by atoms with Crippen molar-refractivity contribution in [1.82, 2.24) is 4.90 Å². The number of carbonyl (C=O) groups excluding carboxylic acids is 2. The fourth-order valence-corrected chi connectivity index (χ4v) is 4.67. The van der Waals surface area contributed by atoms with Crippen LogP contribution in [0.15, 0.2) is 17.5 Å². The maximum atomic E-state index is 12.9. The Bertz CT molecular complexity index is 627. The van der Waals surface area contributed by atoms with E-state index in [-0.39, 0.29) is 36.3 Å². The van der Waals surface area contributed by atoms with Gasteiger partial charge in [0.1, 0.15) is 0 Å². The minimum Gasteiger partial charge on any atom is -0.389 e. The summed E-state index contributed by atoms with van der Waals surface area (Å²) in [7, 11) is 0. The number of amides is 2. The smallest absolute Gasteiger partial charge is 0.235 e. The Hall–Kier alpha value is -1.24. The number of likely N-dealkylation sites (tertiary alicyclic amines) is 1. The lowest BCUT2D eigenvalue weighted by molar-refractivity contribution is -0.170. The molecular weight excluding hydrogens is 326 g/mol. The zero-order chi connectivity index (χ0) is 17.5. The van der Waals surface area contributed by atoms with E-state index in [1.807, 2.05) is 38.3 Å². The number of aliphatic hydroxyl groups excluding tert-OH is 1. The quantitative estimate of drug-likeness (QED) is 0.800. The van der Waals surface area contributed by atoms with Crippen molar-refractivity contribution in [2.45, 2.75) is 46.3 Å². The lowest BCUT2D eigenvalue weighted by atomic mass is 9.62. The molecule has 24 heavy (non-hydrogen) atoms. The first-order valence-electron chi connectivity index (χ1n) is 8.41. The molecule has 1 saturated carbocycles. The van der Waals surface area contributed by atoms with Crippen LogP contribution in [0, 0.1) is 16.7 Å². The minimum absolute atomic E-state index is 0.0181. The first-order chi connectivity index (χ1) is 11.3. The summed E-state index contributed by atoms with van der Waals surface area (Å²) in [5.74, 6) is -0.430. The standard InChI is InChI=1S/C18H25NO4S/c1-17(2)14-6-7-18(17,3)16(22)19(15(14)21)9-12(20)10-23-11-13-5-4-8-24-13/h4-5,8,12,14,20H,6-7,9-11H2,1-3H3/t12-,14-,18+/m0/s1. The molecule has 1 saturated heterocycles.